The fourth-order valence-electron chi connectivity index (χ4n) is 2.84. The molecule has 1 aromatic carbocycles. The summed E-state index contributed by atoms with van der Waals surface area (Å²) < 4.78 is 2.11. The van der Waals surface area contributed by atoms with Gasteiger partial charge in [-0.25, -0.2) is 4.98 Å². The third-order valence-electron chi connectivity index (χ3n) is 4.01. The number of halogens is 2. The van der Waals surface area contributed by atoms with Crippen molar-refractivity contribution < 1.29 is 0 Å². The Kier molecular flexibility index (Phi) is 4.18. The van der Waals surface area contributed by atoms with E-state index in [1.807, 2.05) is 18.2 Å². The van der Waals surface area contributed by atoms with Crippen LogP contribution in [0.15, 0.2) is 36.8 Å². The number of hydrogen-bond acceptors (Lipinski definition) is 5. The molecule has 0 saturated heterocycles. The standard InChI is InChI=1S/C16H14Cl2N6/c17-12-2-1-11(7-13(12)18)9-23-5-6-24-15(10-23)21-22-16(24)14-8-19-3-4-20-14/h1-4,7-8H,5-6,9-10H2. The van der Waals surface area contributed by atoms with Crippen molar-refractivity contribution in [2.75, 3.05) is 6.54 Å². The highest BCUT2D eigenvalue weighted by molar-refractivity contribution is 6.42. The molecule has 122 valence electrons. The van der Waals surface area contributed by atoms with Crippen LogP contribution in [0.4, 0.5) is 0 Å². The Morgan fingerprint density at radius 2 is 1.96 bits per heavy atom. The maximum absolute atomic E-state index is 6.09. The highest BCUT2D eigenvalue weighted by atomic mass is 35.5. The Morgan fingerprint density at radius 3 is 2.75 bits per heavy atom. The molecule has 3 aromatic rings. The molecule has 6 nitrogen and oxygen atoms in total. The molecule has 24 heavy (non-hydrogen) atoms. The summed E-state index contributed by atoms with van der Waals surface area (Å²) in [6, 6.07) is 5.74. The average molecular weight is 361 g/mol. The van der Waals surface area contributed by atoms with E-state index in [1.165, 1.54) is 0 Å². The molecule has 0 saturated carbocycles. The first-order valence-corrected chi connectivity index (χ1v) is 8.31. The van der Waals surface area contributed by atoms with Crippen LogP contribution < -0.4 is 0 Å². The number of benzene rings is 1. The molecule has 0 atom stereocenters. The van der Waals surface area contributed by atoms with Crippen molar-refractivity contribution in [3.63, 3.8) is 0 Å². The zero-order valence-corrected chi connectivity index (χ0v) is 14.2. The second kappa shape index (κ2) is 6.47. The van der Waals surface area contributed by atoms with Gasteiger partial charge in [-0.3, -0.25) is 9.88 Å². The van der Waals surface area contributed by atoms with Crippen LogP contribution >= 0.6 is 23.2 Å². The van der Waals surface area contributed by atoms with Gasteiger partial charge in [0.05, 0.1) is 22.8 Å². The second-order valence-corrected chi connectivity index (χ2v) is 6.46. The van der Waals surface area contributed by atoms with Gasteiger partial charge in [0.2, 0.25) is 0 Å². The van der Waals surface area contributed by atoms with Crippen molar-refractivity contribution >= 4 is 23.2 Å². The van der Waals surface area contributed by atoms with Crippen LogP contribution in [0.2, 0.25) is 10.0 Å². The van der Waals surface area contributed by atoms with Crippen LogP contribution in [0.25, 0.3) is 11.5 Å². The Morgan fingerprint density at radius 1 is 1.04 bits per heavy atom. The minimum absolute atomic E-state index is 0.576. The van der Waals surface area contributed by atoms with Gasteiger partial charge < -0.3 is 4.57 Å². The summed E-state index contributed by atoms with van der Waals surface area (Å²) in [7, 11) is 0. The SMILES string of the molecule is Clc1ccc(CN2CCn3c(nnc3-c3cnccn3)C2)cc1Cl. The van der Waals surface area contributed by atoms with Crippen LogP contribution in [-0.2, 0) is 19.6 Å². The molecule has 0 spiro atoms. The summed E-state index contributed by atoms with van der Waals surface area (Å²) >= 11 is 12.1. The first kappa shape index (κ1) is 15.5. The van der Waals surface area contributed by atoms with Gasteiger partial charge in [-0.05, 0) is 17.7 Å². The number of hydrogen-bond donors (Lipinski definition) is 0. The van der Waals surface area contributed by atoms with E-state index in [0.29, 0.717) is 10.0 Å². The van der Waals surface area contributed by atoms with E-state index < -0.39 is 0 Å². The highest BCUT2D eigenvalue weighted by Gasteiger charge is 2.22. The second-order valence-electron chi connectivity index (χ2n) is 5.64. The summed E-state index contributed by atoms with van der Waals surface area (Å²) in [5.41, 5.74) is 1.88. The van der Waals surface area contributed by atoms with Gasteiger partial charge in [0.15, 0.2) is 5.82 Å². The van der Waals surface area contributed by atoms with Crippen LogP contribution in [0, 0.1) is 0 Å². The molecule has 0 unspecified atom stereocenters. The van der Waals surface area contributed by atoms with Crippen molar-refractivity contribution in [3.8, 4) is 11.5 Å². The van der Waals surface area contributed by atoms with Crippen molar-refractivity contribution in [1.29, 1.82) is 0 Å². The molecule has 0 bridgehead atoms. The van der Waals surface area contributed by atoms with E-state index in [2.05, 4.69) is 29.6 Å². The van der Waals surface area contributed by atoms with Gasteiger partial charge in [0, 0.05) is 32.0 Å². The zero-order valence-electron chi connectivity index (χ0n) is 12.7. The lowest BCUT2D eigenvalue weighted by Crippen LogP contribution is -2.33. The normalized spacial score (nSPS) is 14.6. The van der Waals surface area contributed by atoms with Crippen LogP contribution in [-0.4, -0.2) is 36.2 Å². The van der Waals surface area contributed by atoms with E-state index in [1.54, 1.807) is 18.6 Å². The van der Waals surface area contributed by atoms with Gasteiger partial charge in [0.25, 0.3) is 0 Å². The minimum atomic E-state index is 0.576. The maximum Gasteiger partial charge on any atom is 0.184 e. The minimum Gasteiger partial charge on any atom is -0.307 e. The molecule has 1 aliphatic rings. The largest absolute Gasteiger partial charge is 0.307 e. The summed E-state index contributed by atoms with van der Waals surface area (Å²) in [6.07, 6.45) is 5.02. The van der Waals surface area contributed by atoms with Crippen LogP contribution in [0.1, 0.15) is 11.4 Å². The smallest absolute Gasteiger partial charge is 0.184 e. The average Bonchev–Trinajstić information content (AvgIpc) is 3.02. The number of nitrogens with zero attached hydrogens (tertiary/aromatic N) is 6. The first-order valence-electron chi connectivity index (χ1n) is 7.55. The fraction of sp³-hybridized carbons (Fsp3) is 0.250. The molecule has 0 fully saturated rings. The third kappa shape index (κ3) is 3.00. The summed E-state index contributed by atoms with van der Waals surface area (Å²) in [4.78, 5) is 10.7. The fourth-order valence-corrected chi connectivity index (χ4v) is 3.16. The number of aromatic nitrogens is 5. The molecule has 0 N–H and O–H groups in total. The van der Waals surface area contributed by atoms with Gasteiger partial charge in [-0.15, -0.1) is 10.2 Å². The number of rotatable bonds is 3. The molecule has 2 aromatic heterocycles. The van der Waals surface area contributed by atoms with Crippen molar-refractivity contribution in [2.45, 2.75) is 19.6 Å². The maximum atomic E-state index is 6.09. The highest BCUT2D eigenvalue weighted by Crippen LogP contribution is 2.25. The predicted octanol–water partition coefficient (Wildman–Crippen LogP) is 3.06. The lowest BCUT2D eigenvalue weighted by atomic mass is 10.2. The summed E-state index contributed by atoms with van der Waals surface area (Å²) in [5.74, 6) is 1.70. The zero-order chi connectivity index (χ0) is 16.5. The van der Waals surface area contributed by atoms with E-state index in [0.717, 1.165) is 49.1 Å². The number of fused-ring (bicyclic) bond motifs is 1. The van der Waals surface area contributed by atoms with E-state index in [9.17, 15) is 0 Å². The lowest BCUT2D eigenvalue weighted by molar-refractivity contribution is 0.209. The van der Waals surface area contributed by atoms with Crippen LogP contribution in [0.3, 0.4) is 0 Å². The van der Waals surface area contributed by atoms with Crippen molar-refractivity contribution in [2.24, 2.45) is 0 Å². The van der Waals surface area contributed by atoms with Gasteiger partial charge in [0.1, 0.15) is 11.5 Å². The molecule has 1 aliphatic heterocycles. The summed E-state index contributed by atoms with van der Waals surface area (Å²) in [6.45, 7) is 3.24. The Balaban J connectivity index is 1.52. The summed E-state index contributed by atoms with van der Waals surface area (Å²) in [5, 5.41) is 9.75. The first-order chi connectivity index (χ1) is 11.7. The molecule has 0 aliphatic carbocycles. The van der Waals surface area contributed by atoms with Gasteiger partial charge in [-0.1, -0.05) is 29.3 Å². The Hall–Kier alpha value is -2.02. The van der Waals surface area contributed by atoms with Gasteiger partial charge >= 0.3 is 0 Å². The molecular weight excluding hydrogens is 347 g/mol. The lowest BCUT2D eigenvalue weighted by Gasteiger charge is -2.27. The molecule has 4 rings (SSSR count). The Bertz CT molecular complexity index is 864. The molecule has 3 heterocycles. The van der Waals surface area contributed by atoms with Crippen LogP contribution in [0.5, 0.6) is 0 Å². The predicted molar refractivity (Wildman–Crippen MR) is 91.6 cm³/mol. The Labute approximate surface area is 149 Å². The molecule has 0 radical (unpaired) electrons. The monoisotopic (exact) mass is 360 g/mol. The van der Waals surface area contributed by atoms with Crippen molar-refractivity contribution in [3.05, 3.63) is 58.2 Å². The van der Waals surface area contributed by atoms with Crippen molar-refractivity contribution in [1.82, 2.24) is 29.6 Å². The topological polar surface area (TPSA) is 59.7 Å². The third-order valence-corrected chi connectivity index (χ3v) is 4.75. The quantitative estimate of drug-likeness (QED) is 0.718. The van der Waals surface area contributed by atoms with E-state index >= 15 is 0 Å². The van der Waals surface area contributed by atoms with Gasteiger partial charge in [-0.2, -0.15) is 0 Å². The van der Waals surface area contributed by atoms with E-state index in [4.69, 9.17) is 23.2 Å². The van der Waals surface area contributed by atoms with E-state index in [-0.39, 0.29) is 0 Å². The molecule has 8 heteroatoms. The molecule has 0 amide bonds. The molecular formula is C16H14Cl2N6.